The first-order valence-corrected chi connectivity index (χ1v) is 12.2. The monoisotopic (exact) mass is 569 g/mol. The molecule has 1 spiro atoms. The van der Waals surface area contributed by atoms with Gasteiger partial charge in [-0.3, -0.25) is 19.2 Å². The lowest BCUT2D eigenvalue weighted by Crippen LogP contribution is -2.51. The summed E-state index contributed by atoms with van der Waals surface area (Å²) >= 11 is 15.7. The van der Waals surface area contributed by atoms with Crippen molar-refractivity contribution in [2.24, 2.45) is 11.8 Å². The standard InChI is InChI=1S/C26H14BrCl2NO5/c27-13-7-5-12(6-8-13)21-19-20(25(34)30(24(19)33)16-10-14(28)9-15(29)11-16)26(35-21)22(31)17-3-1-2-4-18(17)23(26)32/h1-11,19-21H/t19-,20+,21+/m1/s1. The molecule has 2 saturated heterocycles. The number of ketones is 2. The fourth-order valence-corrected chi connectivity index (χ4v) is 6.17. The first-order valence-electron chi connectivity index (χ1n) is 10.7. The van der Waals surface area contributed by atoms with Crippen LogP contribution in [0.5, 0.6) is 0 Å². The molecule has 0 radical (unpaired) electrons. The van der Waals surface area contributed by atoms with E-state index in [1.165, 1.54) is 30.3 Å². The van der Waals surface area contributed by atoms with Gasteiger partial charge in [0.2, 0.25) is 29.0 Å². The number of carbonyl (C=O) groups is 4. The Balaban J connectivity index is 1.55. The lowest BCUT2D eigenvalue weighted by Gasteiger charge is -2.27. The van der Waals surface area contributed by atoms with Crippen molar-refractivity contribution in [1.29, 1.82) is 0 Å². The van der Waals surface area contributed by atoms with Crippen LogP contribution in [0.3, 0.4) is 0 Å². The minimum atomic E-state index is -2.13. The molecule has 2 aliphatic heterocycles. The Morgan fingerprint density at radius 1 is 0.800 bits per heavy atom. The highest BCUT2D eigenvalue weighted by molar-refractivity contribution is 9.10. The van der Waals surface area contributed by atoms with Gasteiger partial charge in [-0.1, -0.05) is 75.5 Å². The van der Waals surface area contributed by atoms with E-state index in [0.29, 0.717) is 5.56 Å². The minimum Gasteiger partial charge on any atom is -0.349 e. The third-order valence-corrected chi connectivity index (χ3v) is 7.79. The van der Waals surface area contributed by atoms with Crippen LogP contribution in [0.1, 0.15) is 32.4 Å². The maximum Gasteiger partial charge on any atom is 0.241 e. The van der Waals surface area contributed by atoms with E-state index in [4.69, 9.17) is 27.9 Å². The van der Waals surface area contributed by atoms with Gasteiger partial charge in [-0.15, -0.1) is 0 Å². The largest absolute Gasteiger partial charge is 0.349 e. The number of hydrogen-bond donors (Lipinski definition) is 0. The molecule has 0 bridgehead atoms. The second-order valence-electron chi connectivity index (χ2n) is 8.67. The Hall–Kier alpha value is -2.84. The van der Waals surface area contributed by atoms with E-state index in [2.05, 4.69) is 15.9 Å². The van der Waals surface area contributed by atoms with Crippen molar-refractivity contribution >= 4 is 68.2 Å². The molecule has 2 fully saturated rings. The van der Waals surface area contributed by atoms with Crippen LogP contribution in [0.25, 0.3) is 0 Å². The van der Waals surface area contributed by atoms with E-state index < -0.39 is 46.9 Å². The number of ether oxygens (including phenoxy) is 1. The van der Waals surface area contributed by atoms with Crippen LogP contribution in [0, 0.1) is 11.8 Å². The number of imide groups is 1. The van der Waals surface area contributed by atoms with Crippen LogP contribution < -0.4 is 4.90 Å². The van der Waals surface area contributed by atoms with Crippen molar-refractivity contribution < 1.29 is 23.9 Å². The number of halogens is 3. The molecule has 2 amide bonds. The van der Waals surface area contributed by atoms with Gasteiger partial charge in [-0.05, 0) is 35.9 Å². The van der Waals surface area contributed by atoms with Gasteiger partial charge in [-0.25, -0.2) is 4.90 Å². The number of nitrogens with zero attached hydrogens (tertiary/aromatic N) is 1. The fraction of sp³-hybridized carbons (Fsp3) is 0.154. The Morgan fingerprint density at radius 2 is 1.37 bits per heavy atom. The molecule has 0 saturated carbocycles. The summed E-state index contributed by atoms with van der Waals surface area (Å²) in [7, 11) is 0. The molecule has 6 nitrogen and oxygen atoms in total. The van der Waals surface area contributed by atoms with Crippen LogP contribution >= 0.6 is 39.1 Å². The molecule has 3 atom stereocenters. The molecular weight excluding hydrogens is 557 g/mol. The predicted molar refractivity (Wildman–Crippen MR) is 132 cm³/mol. The van der Waals surface area contributed by atoms with E-state index >= 15 is 0 Å². The number of fused-ring (bicyclic) bond motifs is 3. The Labute approximate surface area is 217 Å². The lowest BCUT2D eigenvalue weighted by atomic mass is 9.77. The zero-order chi connectivity index (χ0) is 24.6. The van der Waals surface area contributed by atoms with Gasteiger partial charge >= 0.3 is 0 Å². The van der Waals surface area contributed by atoms with Crippen LogP contribution in [-0.2, 0) is 14.3 Å². The predicted octanol–water partition coefficient (Wildman–Crippen LogP) is 5.45. The summed E-state index contributed by atoms with van der Waals surface area (Å²) < 4.78 is 7.05. The third-order valence-electron chi connectivity index (χ3n) is 6.82. The third kappa shape index (κ3) is 3.05. The molecule has 1 aliphatic carbocycles. The molecule has 0 N–H and O–H groups in total. The van der Waals surface area contributed by atoms with Gasteiger partial charge in [0.15, 0.2) is 0 Å². The van der Waals surface area contributed by atoms with Gasteiger partial charge < -0.3 is 4.74 Å². The molecule has 3 aromatic rings. The van der Waals surface area contributed by atoms with Crippen molar-refractivity contribution in [2.75, 3.05) is 4.90 Å². The van der Waals surface area contributed by atoms with Crippen molar-refractivity contribution in [3.05, 3.63) is 97.9 Å². The molecule has 3 aromatic carbocycles. The van der Waals surface area contributed by atoms with Crippen LogP contribution in [0.4, 0.5) is 5.69 Å². The average Bonchev–Trinajstić information content (AvgIpc) is 3.39. The van der Waals surface area contributed by atoms with Crippen LogP contribution in [0.15, 0.2) is 71.2 Å². The normalized spacial score (nSPS) is 24.4. The second kappa shape index (κ2) is 7.83. The zero-order valence-corrected chi connectivity index (χ0v) is 20.8. The summed E-state index contributed by atoms with van der Waals surface area (Å²) in [5.74, 6) is -4.94. The topological polar surface area (TPSA) is 80.8 Å². The van der Waals surface area contributed by atoms with E-state index in [-0.39, 0.29) is 26.9 Å². The zero-order valence-electron chi connectivity index (χ0n) is 17.7. The first kappa shape index (κ1) is 22.6. The quantitative estimate of drug-likeness (QED) is 0.302. The summed E-state index contributed by atoms with van der Waals surface area (Å²) in [5, 5.41) is 0.474. The number of hydrogen-bond acceptors (Lipinski definition) is 5. The summed E-state index contributed by atoms with van der Waals surface area (Å²) in [4.78, 5) is 56.1. The van der Waals surface area contributed by atoms with E-state index in [1.54, 1.807) is 36.4 Å². The second-order valence-corrected chi connectivity index (χ2v) is 10.5. The maximum atomic E-state index is 13.9. The SMILES string of the molecule is O=C1[C@@H]2[C@@H](C(=O)N1c1cc(Cl)cc(Cl)c1)C1(O[C@H]2c2ccc(Br)cc2)C(=O)c2ccccc2C1=O. The smallest absolute Gasteiger partial charge is 0.241 e. The summed E-state index contributed by atoms with van der Waals surface area (Å²) in [6.45, 7) is 0. The van der Waals surface area contributed by atoms with Gasteiger partial charge in [0.05, 0.1) is 23.6 Å². The summed E-state index contributed by atoms with van der Waals surface area (Å²) in [6.07, 6.45) is -0.994. The first-order chi connectivity index (χ1) is 16.7. The van der Waals surface area contributed by atoms with Gasteiger partial charge in [0.1, 0.15) is 0 Å². The molecule has 9 heteroatoms. The van der Waals surface area contributed by atoms with Crippen LogP contribution in [0.2, 0.25) is 10.0 Å². The number of amides is 2. The number of rotatable bonds is 2. The molecule has 0 unspecified atom stereocenters. The molecule has 6 rings (SSSR count). The maximum absolute atomic E-state index is 13.9. The van der Waals surface area contributed by atoms with Crippen molar-refractivity contribution in [3.63, 3.8) is 0 Å². The van der Waals surface area contributed by atoms with E-state index in [0.717, 1.165) is 9.37 Å². The summed E-state index contributed by atoms with van der Waals surface area (Å²) in [6, 6.07) is 17.7. The number of benzene rings is 3. The highest BCUT2D eigenvalue weighted by Gasteiger charge is 2.74. The van der Waals surface area contributed by atoms with Gasteiger partial charge in [0, 0.05) is 25.6 Å². The number of carbonyl (C=O) groups excluding carboxylic acids is 4. The number of Topliss-reactive ketones (excluding diaryl/α,β-unsaturated/α-hetero) is 2. The van der Waals surface area contributed by atoms with Crippen molar-refractivity contribution in [2.45, 2.75) is 11.7 Å². The number of anilines is 1. The fourth-order valence-electron chi connectivity index (χ4n) is 5.39. The Kier molecular flexibility index (Phi) is 5.06. The highest BCUT2D eigenvalue weighted by atomic mass is 79.9. The Morgan fingerprint density at radius 3 is 1.94 bits per heavy atom. The van der Waals surface area contributed by atoms with Gasteiger partial charge in [-0.2, -0.15) is 0 Å². The van der Waals surface area contributed by atoms with Gasteiger partial charge in [0.25, 0.3) is 0 Å². The van der Waals surface area contributed by atoms with Crippen molar-refractivity contribution in [1.82, 2.24) is 0 Å². The molecule has 0 aromatic heterocycles. The Bertz CT molecular complexity index is 1420. The molecule has 3 aliphatic rings. The molecular formula is C26H14BrCl2NO5. The average molecular weight is 571 g/mol. The minimum absolute atomic E-state index is 0.173. The molecule has 35 heavy (non-hydrogen) atoms. The van der Waals surface area contributed by atoms with Crippen LogP contribution in [-0.4, -0.2) is 29.0 Å². The van der Waals surface area contributed by atoms with Crippen molar-refractivity contribution in [3.8, 4) is 0 Å². The summed E-state index contributed by atoms with van der Waals surface area (Å²) in [5.41, 5.74) is -1.03. The lowest BCUT2D eigenvalue weighted by molar-refractivity contribution is -0.127. The van der Waals surface area contributed by atoms with E-state index in [1.807, 2.05) is 0 Å². The molecule has 2 heterocycles. The van der Waals surface area contributed by atoms with E-state index in [9.17, 15) is 19.2 Å². The molecule has 174 valence electrons. The highest BCUT2D eigenvalue weighted by Crippen LogP contribution is 2.57.